The Morgan fingerprint density at radius 1 is 1.29 bits per heavy atom. The van der Waals surface area contributed by atoms with Gasteiger partial charge in [-0.3, -0.25) is 14.9 Å². The molecular formula is C15H16N2O4. The first-order valence-corrected chi connectivity index (χ1v) is 6.58. The van der Waals surface area contributed by atoms with E-state index in [1.807, 2.05) is 0 Å². The van der Waals surface area contributed by atoms with E-state index < -0.39 is 23.7 Å². The normalized spacial score (nSPS) is 18.5. The largest absolute Gasteiger partial charge is 0.462 e. The Kier molecular flexibility index (Phi) is 4.07. The molecule has 1 heterocycles. The fourth-order valence-corrected chi connectivity index (χ4v) is 2.22. The molecule has 6 nitrogen and oxygen atoms in total. The van der Waals surface area contributed by atoms with Crippen LogP contribution < -0.4 is 11.1 Å². The van der Waals surface area contributed by atoms with E-state index in [0.29, 0.717) is 16.8 Å². The number of carbonyl (C=O) groups excluding carboxylic acids is 3. The minimum Gasteiger partial charge on any atom is -0.462 e. The van der Waals surface area contributed by atoms with Gasteiger partial charge in [0.1, 0.15) is 5.57 Å². The van der Waals surface area contributed by atoms with E-state index in [-0.39, 0.29) is 12.2 Å². The third-order valence-corrected chi connectivity index (χ3v) is 3.26. The maximum atomic E-state index is 12.0. The Morgan fingerprint density at radius 3 is 2.48 bits per heavy atom. The van der Waals surface area contributed by atoms with E-state index >= 15 is 0 Å². The number of rotatable bonds is 3. The average molecular weight is 288 g/mol. The van der Waals surface area contributed by atoms with Crippen molar-refractivity contribution < 1.29 is 19.1 Å². The fraction of sp³-hybridized carbons (Fsp3) is 0.267. The number of esters is 1. The van der Waals surface area contributed by atoms with Gasteiger partial charge in [-0.2, -0.15) is 0 Å². The van der Waals surface area contributed by atoms with Gasteiger partial charge in [-0.05, 0) is 37.1 Å². The molecule has 1 aliphatic heterocycles. The van der Waals surface area contributed by atoms with Gasteiger partial charge in [0.15, 0.2) is 0 Å². The zero-order valence-corrected chi connectivity index (χ0v) is 11.8. The molecule has 3 N–H and O–H groups in total. The summed E-state index contributed by atoms with van der Waals surface area (Å²) in [4.78, 5) is 35.9. The summed E-state index contributed by atoms with van der Waals surface area (Å²) in [5.41, 5.74) is 7.02. The number of hydrogen-bond acceptors (Lipinski definition) is 5. The predicted molar refractivity (Wildman–Crippen MR) is 76.7 cm³/mol. The standard InChI is InChI=1S/C15H16N2O4/c1-3-21-15(20)12-11(8(2)13(18)17-14(12)19)9-4-6-10(16)7-5-9/h4-8H,3,16H2,1-2H3,(H,17,18,19). The SMILES string of the molecule is CCOC(=O)C1=C(c2ccc(N)cc2)C(C)C(=O)NC1=O. The Morgan fingerprint density at radius 2 is 1.90 bits per heavy atom. The maximum absolute atomic E-state index is 12.0. The first-order chi connectivity index (χ1) is 9.95. The molecule has 0 bridgehead atoms. The lowest BCUT2D eigenvalue weighted by Crippen LogP contribution is -2.43. The van der Waals surface area contributed by atoms with Crippen molar-refractivity contribution in [2.45, 2.75) is 13.8 Å². The van der Waals surface area contributed by atoms with Crippen LogP contribution in [0.3, 0.4) is 0 Å². The first-order valence-electron chi connectivity index (χ1n) is 6.58. The molecule has 21 heavy (non-hydrogen) atoms. The molecule has 1 unspecified atom stereocenters. The van der Waals surface area contributed by atoms with Crippen molar-refractivity contribution in [3.05, 3.63) is 35.4 Å². The van der Waals surface area contributed by atoms with Crippen LogP contribution >= 0.6 is 0 Å². The van der Waals surface area contributed by atoms with Crippen LogP contribution in [0.25, 0.3) is 5.57 Å². The molecule has 1 aliphatic rings. The number of amides is 2. The van der Waals surface area contributed by atoms with Gasteiger partial charge in [-0.15, -0.1) is 0 Å². The van der Waals surface area contributed by atoms with Crippen molar-refractivity contribution in [1.82, 2.24) is 5.32 Å². The summed E-state index contributed by atoms with van der Waals surface area (Å²) in [5, 5.41) is 2.17. The van der Waals surface area contributed by atoms with Gasteiger partial charge in [0.25, 0.3) is 5.91 Å². The van der Waals surface area contributed by atoms with Crippen LogP contribution in [0, 0.1) is 5.92 Å². The number of benzene rings is 1. The number of nitrogens with two attached hydrogens (primary N) is 1. The van der Waals surface area contributed by atoms with E-state index in [9.17, 15) is 14.4 Å². The summed E-state index contributed by atoms with van der Waals surface area (Å²) in [6, 6.07) is 6.64. The summed E-state index contributed by atoms with van der Waals surface area (Å²) < 4.78 is 4.92. The molecule has 1 aromatic rings. The molecule has 1 atom stereocenters. The third-order valence-electron chi connectivity index (χ3n) is 3.26. The highest BCUT2D eigenvalue weighted by molar-refractivity contribution is 6.29. The molecule has 2 amide bonds. The van der Waals surface area contributed by atoms with Crippen LogP contribution in [-0.4, -0.2) is 24.4 Å². The molecule has 0 saturated carbocycles. The van der Waals surface area contributed by atoms with Crippen LogP contribution in [0.5, 0.6) is 0 Å². The summed E-state index contributed by atoms with van der Waals surface area (Å²) in [7, 11) is 0. The van der Waals surface area contributed by atoms with Gasteiger partial charge in [0, 0.05) is 5.69 Å². The summed E-state index contributed by atoms with van der Waals surface area (Å²) in [5.74, 6) is -2.55. The molecular weight excluding hydrogens is 272 g/mol. The van der Waals surface area contributed by atoms with Gasteiger partial charge < -0.3 is 10.5 Å². The Labute approximate surface area is 122 Å². The zero-order chi connectivity index (χ0) is 15.6. The fourth-order valence-electron chi connectivity index (χ4n) is 2.22. The van der Waals surface area contributed by atoms with Gasteiger partial charge in [0.05, 0.1) is 12.5 Å². The molecule has 6 heteroatoms. The van der Waals surface area contributed by atoms with Crippen molar-refractivity contribution in [3.63, 3.8) is 0 Å². The number of hydrogen-bond donors (Lipinski definition) is 2. The predicted octanol–water partition coefficient (Wildman–Crippen LogP) is 0.878. The van der Waals surface area contributed by atoms with Crippen LogP contribution in [-0.2, 0) is 19.1 Å². The quantitative estimate of drug-likeness (QED) is 0.372. The number of nitrogens with one attached hydrogen (secondary N) is 1. The lowest BCUT2D eigenvalue weighted by Gasteiger charge is -2.24. The van der Waals surface area contributed by atoms with Gasteiger partial charge >= 0.3 is 5.97 Å². The lowest BCUT2D eigenvalue weighted by atomic mass is 9.85. The van der Waals surface area contributed by atoms with E-state index in [0.717, 1.165) is 0 Å². The second-order valence-electron chi connectivity index (χ2n) is 4.67. The van der Waals surface area contributed by atoms with Crippen LogP contribution in [0.15, 0.2) is 29.8 Å². The number of ether oxygens (including phenoxy) is 1. The van der Waals surface area contributed by atoms with Crippen molar-refractivity contribution >= 4 is 29.0 Å². The maximum Gasteiger partial charge on any atom is 0.344 e. The smallest absolute Gasteiger partial charge is 0.344 e. The number of nitrogen functional groups attached to an aromatic ring is 1. The molecule has 1 aromatic carbocycles. The molecule has 110 valence electrons. The van der Waals surface area contributed by atoms with Crippen molar-refractivity contribution in [1.29, 1.82) is 0 Å². The van der Waals surface area contributed by atoms with E-state index in [1.165, 1.54) is 0 Å². The monoisotopic (exact) mass is 288 g/mol. The second kappa shape index (κ2) is 5.78. The van der Waals surface area contributed by atoms with Crippen LogP contribution in [0.1, 0.15) is 19.4 Å². The molecule has 0 aliphatic carbocycles. The van der Waals surface area contributed by atoms with Crippen LogP contribution in [0.4, 0.5) is 5.69 Å². The second-order valence-corrected chi connectivity index (χ2v) is 4.67. The topological polar surface area (TPSA) is 98.5 Å². The van der Waals surface area contributed by atoms with E-state index in [4.69, 9.17) is 10.5 Å². The summed E-state index contributed by atoms with van der Waals surface area (Å²) in [6.07, 6.45) is 0. The third kappa shape index (κ3) is 2.79. The molecule has 0 aromatic heterocycles. The number of imide groups is 1. The molecule has 0 spiro atoms. The average Bonchev–Trinajstić information content (AvgIpc) is 2.44. The Balaban J connectivity index is 2.62. The van der Waals surface area contributed by atoms with Crippen LogP contribution in [0.2, 0.25) is 0 Å². The number of carbonyl (C=O) groups is 3. The molecule has 2 rings (SSSR count). The molecule has 0 fully saturated rings. The highest BCUT2D eigenvalue weighted by Gasteiger charge is 2.36. The number of anilines is 1. The highest BCUT2D eigenvalue weighted by atomic mass is 16.5. The Hall–Kier alpha value is -2.63. The lowest BCUT2D eigenvalue weighted by molar-refractivity contribution is -0.141. The van der Waals surface area contributed by atoms with Gasteiger partial charge in [-0.1, -0.05) is 12.1 Å². The van der Waals surface area contributed by atoms with E-state index in [1.54, 1.807) is 38.1 Å². The van der Waals surface area contributed by atoms with Gasteiger partial charge in [-0.25, -0.2) is 4.79 Å². The first kappa shape index (κ1) is 14.8. The van der Waals surface area contributed by atoms with Crippen molar-refractivity contribution in [2.75, 3.05) is 12.3 Å². The van der Waals surface area contributed by atoms with Crippen molar-refractivity contribution in [3.8, 4) is 0 Å². The Bertz CT molecular complexity index is 632. The molecule has 0 radical (unpaired) electrons. The summed E-state index contributed by atoms with van der Waals surface area (Å²) in [6.45, 7) is 3.43. The van der Waals surface area contributed by atoms with Crippen molar-refractivity contribution in [2.24, 2.45) is 5.92 Å². The highest BCUT2D eigenvalue weighted by Crippen LogP contribution is 2.31. The minimum atomic E-state index is -0.735. The molecule has 0 saturated heterocycles. The van der Waals surface area contributed by atoms with Gasteiger partial charge in [0.2, 0.25) is 5.91 Å². The van der Waals surface area contributed by atoms with E-state index in [2.05, 4.69) is 5.32 Å². The zero-order valence-electron chi connectivity index (χ0n) is 11.8. The minimum absolute atomic E-state index is 0.131. The summed E-state index contributed by atoms with van der Waals surface area (Å²) >= 11 is 0.